The molecule has 1 saturated heterocycles. The number of thioether (sulfide) groups is 1. The van der Waals surface area contributed by atoms with Crippen molar-refractivity contribution in [3.05, 3.63) is 0 Å². The number of hydrogen-bond donors (Lipinski definition) is 1. The predicted molar refractivity (Wildman–Crippen MR) is 82.4 cm³/mol. The first-order chi connectivity index (χ1) is 8.83. The molecule has 2 aliphatic rings. The lowest BCUT2D eigenvalue weighted by Gasteiger charge is -2.41. The summed E-state index contributed by atoms with van der Waals surface area (Å²) in [5.41, 5.74) is 0. The summed E-state index contributed by atoms with van der Waals surface area (Å²) in [4.78, 5) is 2.61. The van der Waals surface area contributed by atoms with Crippen LogP contribution in [0.2, 0.25) is 0 Å². The summed E-state index contributed by atoms with van der Waals surface area (Å²) in [5.74, 6) is 3.56. The van der Waals surface area contributed by atoms with Gasteiger partial charge in [0.2, 0.25) is 0 Å². The van der Waals surface area contributed by atoms with Gasteiger partial charge in [0, 0.05) is 30.1 Å². The lowest BCUT2D eigenvalue weighted by Crippen LogP contribution is -2.55. The van der Waals surface area contributed by atoms with Crippen LogP contribution in [0, 0.1) is 5.92 Å². The Balaban J connectivity index is 2.00. The molecule has 0 spiro atoms. The zero-order valence-corrected chi connectivity index (χ0v) is 13.0. The maximum atomic E-state index is 3.83. The molecule has 0 radical (unpaired) electrons. The Morgan fingerprint density at radius 2 is 1.94 bits per heavy atom. The number of rotatable bonds is 4. The summed E-state index contributed by atoms with van der Waals surface area (Å²) in [6.45, 7) is 4.65. The van der Waals surface area contributed by atoms with Crippen molar-refractivity contribution in [2.45, 2.75) is 57.5 Å². The molecule has 0 aromatic heterocycles. The first kappa shape index (κ1) is 14.7. The van der Waals surface area contributed by atoms with Crippen molar-refractivity contribution in [1.82, 2.24) is 10.2 Å². The Kier molecular flexibility index (Phi) is 6.33. The van der Waals surface area contributed by atoms with Gasteiger partial charge in [0.15, 0.2) is 0 Å². The average molecular weight is 270 g/mol. The molecule has 2 fully saturated rings. The number of hydrogen-bond acceptors (Lipinski definition) is 3. The highest BCUT2D eigenvalue weighted by molar-refractivity contribution is 7.99. The maximum absolute atomic E-state index is 3.83. The van der Waals surface area contributed by atoms with Gasteiger partial charge < -0.3 is 10.2 Å². The Morgan fingerprint density at radius 1 is 1.22 bits per heavy atom. The molecule has 106 valence electrons. The molecule has 0 aromatic rings. The third kappa shape index (κ3) is 3.88. The van der Waals surface area contributed by atoms with Gasteiger partial charge in [0.1, 0.15) is 0 Å². The van der Waals surface area contributed by atoms with E-state index in [1.165, 1.54) is 56.6 Å². The molecule has 2 atom stereocenters. The van der Waals surface area contributed by atoms with Crippen molar-refractivity contribution in [2.75, 3.05) is 31.6 Å². The smallest absolute Gasteiger partial charge is 0.0339 e. The zero-order valence-electron chi connectivity index (χ0n) is 12.2. The first-order valence-electron chi connectivity index (χ1n) is 7.84. The van der Waals surface area contributed by atoms with Gasteiger partial charge in [0.05, 0.1) is 0 Å². The van der Waals surface area contributed by atoms with Crippen molar-refractivity contribution < 1.29 is 0 Å². The highest BCUT2D eigenvalue weighted by atomic mass is 32.2. The quantitative estimate of drug-likeness (QED) is 0.791. The Morgan fingerprint density at radius 3 is 2.56 bits per heavy atom. The molecule has 0 aromatic carbocycles. The summed E-state index contributed by atoms with van der Waals surface area (Å²) in [6.07, 6.45) is 8.74. The second kappa shape index (κ2) is 7.76. The fourth-order valence-electron chi connectivity index (χ4n) is 3.61. The minimum absolute atomic E-state index is 0.728. The van der Waals surface area contributed by atoms with Crippen LogP contribution in [0.5, 0.6) is 0 Å². The van der Waals surface area contributed by atoms with Gasteiger partial charge in [-0.15, -0.1) is 0 Å². The summed E-state index contributed by atoms with van der Waals surface area (Å²) < 4.78 is 0. The van der Waals surface area contributed by atoms with E-state index < -0.39 is 0 Å². The summed E-state index contributed by atoms with van der Waals surface area (Å²) in [5, 5.41) is 3.83. The molecule has 1 aliphatic heterocycles. The highest BCUT2D eigenvalue weighted by Gasteiger charge is 2.33. The fourth-order valence-corrected chi connectivity index (χ4v) is 4.89. The summed E-state index contributed by atoms with van der Waals surface area (Å²) in [7, 11) is 2.32. The standard InChI is InChI=1S/C15H30N2S/c1-3-16-15(13-8-6-4-5-7-9-13)14-12-18-11-10-17(14)2/h13-16H,3-12H2,1-2H3. The van der Waals surface area contributed by atoms with E-state index in [9.17, 15) is 0 Å². The van der Waals surface area contributed by atoms with Crippen LogP contribution in [-0.4, -0.2) is 48.6 Å². The topological polar surface area (TPSA) is 15.3 Å². The van der Waals surface area contributed by atoms with Gasteiger partial charge in [-0.25, -0.2) is 0 Å². The maximum Gasteiger partial charge on any atom is 0.0339 e. The van der Waals surface area contributed by atoms with E-state index in [2.05, 4.69) is 35.9 Å². The zero-order chi connectivity index (χ0) is 12.8. The van der Waals surface area contributed by atoms with Crippen LogP contribution >= 0.6 is 11.8 Å². The van der Waals surface area contributed by atoms with Gasteiger partial charge in [-0.2, -0.15) is 11.8 Å². The third-order valence-corrected chi connectivity index (χ3v) is 5.75. The van der Waals surface area contributed by atoms with Crippen LogP contribution in [0.4, 0.5) is 0 Å². The lowest BCUT2D eigenvalue weighted by molar-refractivity contribution is 0.165. The van der Waals surface area contributed by atoms with E-state index in [0.29, 0.717) is 0 Å². The van der Waals surface area contributed by atoms with Gasteiger partial charge in [-0.05, 0) is 32.4 Å². The molecule has 1 N–H and O–H groups in total. The van der Waals surface area contributed by atoms with E-state index in [4.69, 9.17) is 0 Å². The van der Waals surface area contributed by atoms with E-state index in [1.54, 1.807) is 0 Å². The van der Waals surface area contributed by atoms with E-state index in [0.717, 1.165) is 24.5 Å². The van der Waals surface area contributed by atoms with Crippen molar-refractivity contribution in [3.8, 4) is 0 Å². The minimum Gasteiger partial charge on any atom is -0.312 e. The Bertz CT molecular complexity index is 227. The second-order valence-electron chi connectivity index (χ2n) is 5.96. The SMILES string of the molecule is CCNC(C1CCCCCC1)C1CSCCN1C. The van der Waals surface area contributed by atoms with Gasteiger partial charge >= 0.3 is 0 Å². The number of nitrogens with one attached hydrogen (secondary N) is 1. The van der Waals surface area contributed by atoms with Crippen LogP contribution in [0.3, 0.4) is 0 Å². The van der Waals surface area contributed by atoms with Crippen LogP contribution in [-0.2, 0) is 0 Å². The Labute approximate surface area is 117 Å². The Hall–Kier alpha value is 0.270. The third-order valence-electron chi connectivity index (χ3n) is 4.71. The lowest BCUT2D eigenvalue weighted by atomic mass is 9.87. The fraction of sp³-hybridized carbons (Fsp3) is 1.00. The van der Waals surface area contributed by atoms with Gasteiger partial charge in [-0.1, -0.05) is 32.6 Å². The molecule has 0 bridgehead atoms. The van der Waals surface area contributed by atoms with Crippen molar-refractivity contribution in [3.63, 3.8) is 0 Å². The molecule has 2 unspecified atom stereocenters. The molecule has 0 amide bonds. The van der Waals surface area contributed by atoms with E-state index in [-0.39, 0.29) is 0 Å². The van der Waals surface area contributed by atoms with E-state index >= 15 is 0 Å². The van der Waals surface area contributed by atoms with Gasteiger partial charge in [-0.3, -0.25) is 0 Å². The molecule has 3 heteroatoms. The highest BCUT2D eigenvalue weighted by Crippen LogP contribution is 2.30. The molecular weight excluding hydrogens is 240 g/mol. The van der Waals surface area contributed by atoms with Crippen LogP contribution in [0.15, 0.2) is 0 Å². The van der Waals surface area contributed by atoms with E-state index in [1.807, 2.05) is 0 Å². The van der Waals surface area contributed by atoms with Crippen LogP contribution < -0.4 is 5.32 Å². The van der Waals surface area contributed by atoms with Crippen LogP contribution in [0.1, 0.15) is 45.4 Å². The number of likely N-dealkylation sites (N-methyl/N-ethyl adjacent to an activating group) is 2. The molecular formula is C15H30N2S. The molecule has 2 nitrogen and oxygen atoms in total. The van der Waals surface area contributed by atoms with Crippen molar-refractivity contribution in [1.29, 1.82) is 0 Å². The van der Waals surface area contributed by atoms with Crippen LogP contribution in [0.25, 0.3) is 0 Å². The molecule has 1 saturated carbocycles. The summed E-state index contributed by atoms with van der Waals surface area (Å²) >= 11 is 2.15. The van der Waals surface area contributed by atoms with Crippen molar-refractivity contribution in [2.24, 2.45) is 5.92 Å². The number of nitrogens with zero attached hydrogens (tertiary/aromatic N) is 1. The average Bonchev–Trinajstić information content (AvgIpc) is 2.66. The molecule has 18 heavy (non-hydrogen) atoms. The predicted octanol–water partition coefficient (Wildman–Crippen LogP) is 2.98. The first-order valence-corrected chi connectivity index (χ1v) is 8.99. The second-order valence-corrected chi connectivity index (χ2v) is 7.11. The minimum atomic E-state index is 0.728. The molecule has 1 heterocycles. The normalized spacial score (nSPS) is 30.0. The van der Waals surface area contributed by atoms with Gasteiger partial charge in [0.25, 0.3) is 0 Å². The molecule has 1 aliphatic carbocycles. The largest absolute Gasteiger partial charge is 0.312 e. The summed E-state index contributed by atoms with van der Waals surface area (Å²) in [6, 6.07) is 1.48. The monoisotopic (exact) mass is 270 g/mol. The van der Waals surface area contributed by atoms with Crippen molar-refractivity contribution >= 4 is 11.8 Å². The molecule has 2 rings (SSSR count).